The van der Waals surface area contributed by atoms with E-state index in [-0.39, 0.29) is 6.54 Å². The van der Waals surface area contributed by atoms with Gasteiger partial charge in [0.05, 0.1) is 23.7 Å². The van der Waals surface area contributed by atoms with Crippen molar-refractivity contribution in [2.24, 2.45) is 0 Å². The van der Waals surface area contributed by atoms with E-state index in [1.165, 1.54) is 14.2 Å². The first-order chi connectivity index (χ1) is 8.97. The van der Waals surface area contributed by atoms with Gasteiger partial charge in [-0.05, 0) is 12.1 Å². The van der Waals surface area contributed by atoms with Crippen LogP contribution in [0, 0.1) is 0 Å². The summed E-state index contributed by atoms with van der Waals surface area (Å²) in [6.45, 7) is -0.0909. The number of imide groups is 1. The minimum absolute atomic E-state index is 0.0909. The zero-order valence-electron chi connectivity index (χ0n) is 10.3. The van der Waals surface area contributed by atoms with Gasteiger partial charge in [0.2, 0.25) is 5.91 Å². The van der Waals surface area contributed by atoms with E-state index in [1.807, 2.05) is 0 Å². The Bertz CT molecular complexity index is 471. The highest BCUT2D eigenvalue weighted by Gasteiger charge is 2.10. The molecule has 0 atom stereocenters. The largest absolute Gasteiger partial charge is 0.494 e. The molecule has 0 aliphatic heterocycles. The lowest BCUT2D eigenvalue weighted by Gasteiger charge is -2.10. The molecule has 1 aromatic carbocycles. The normalized spacial score (nSPS) is 9.68. The Hall–Kier alpha value is -1.66. The Labute approximate surface area is 120 Å². The van der Waals surface area contributed by atoms with Gasteiger partial charge in [-0.25, -0.2) is 4.79 Å². The number of halogens is 2. The quantitative estimate of drug-likeness (QED) is 0.793. The summed E-state index contributed by atoms with van der Waals surface area (Å²) < 4.78 is 5.00. The van der Waals surface area contributed by atoms with Crippen LogP contribution in [0.1, 0.15) is 0 Å². The fourth-order valence-corrected chi connectivity index (χ4v) is 1.91. The van der Waals surface area contributed by atoms with E-state index in [0.29, 0.717) is 21.5 Å². The Balaban J connectivity index is 2.64. The maximum atomic E-state index is 11.4. The molecule has 0 fully saturated rings. The lowest BCUT2D eigenvalue weighted by Crippen LogP contribution is -2.40. The van der Waals surface area contributed by atoms with Crippen molar-refractivity contribution in [3.05, 3.63) is 22.2 Å². The second-order valence-electron chi connectivity index (χ2n) is 3.45. The summed E-state index contributed by atoms with van der Waals surface area (Å²) in [5, 5.41) is 7.82. The molecule has 1 rings (SSSR count). The van der Waals surface area contributed by atoms with Crippen LogP contribution in [0.2, 0.25) is 10.0 Å². The number of carbonyl (C=O) groups excluding carboxylic acids is 2. The predicted octanol–water partition coefficient (Wildman–Crippen LogP) is 1.87. The van der Waals surface area contributed by atoms with Crippen LogP contribution < -0.4 is 20.7 Å². The standard InChI is InChI=1S/C11H13Cl2N3O3/c1-14-11(18)16-9(17)5-15-6-3-7(12)10(19-2)8(13)4-6/h3-4,15H,5H2,1-2H3,(H2,14,16,17,18). The van der Waals surface area contributed by atoms with E-state index in [4.69, 9.17) is 27.9 Å². The van der Waals surface area contributed by atoms with Crippen LogP contribution in [0.15, 0.2) is 12.1 Å². The second kappa shape index (κ2) is 7.06. The van der Waals surface area contributed by atoms with E-state index in [9.17, 15) is 9.59 Å². The van der Waals surface area contributed by atoms with Gasteiger partial charge in [0.15, 0.2) is 5.75 Å². The topological polar surface area (TPSA) is 79.5 Å². The highest BCUT2D eigenvalue weighted by molar-refractivity contribution is 6.37. The molecule has 0 saturated heterocycles. The molecule has 104 valence electrons. The van der Waals surface area contributed by atoms with Crippen LogP contribution in [0.3, 0.4) is 0 Å². The van der Waals surface area contributed by atoms with Gasteiger partial charge in [0, 0.05) is 12.7 Å². The Kier molecular flexibility index (Phi) is 5.72. The van der Waals surface area contributed by atoms with Crippen molar-refractivity contribution >= 4 is 40.8 Å². The average Bonchev–Trinajstić information content (AvgIpc) is 2.36. The van der Waals surface area contributed by atoms with Crippen molar-refractivity contribution in [2.75, 3.05) is 26.0 Å². The number of hydrogen-bond acceptors (Lipinski definition) is 4. The number of nitrogens with one attached hydrogen (secondary N) is 3. The molecule has 8 heteroatoms. The molecule has 19 heavy (non-hydrogen) atoms. The second-order valence-corrected chi connectivity index (χ2v) is 4.27. The van der Waals surface area contributed by atoms with Gasteiger partial charge in [-0.15, -0.1) is 0 Å². The van der Waals surface area contributed by atoms with E-state index >= 15 is 0 Å². The molecule has 0 bridgehead atoms. The van der Waals surface area contributed by atoms with Crippen LogP contribution in [0.5, 0.6) is 5.75 Å². The fraction of sp³-hybridized carbons (Fsp3) is 0.273. The van der Waals surface area contributed by atoms with Crippen molar-refractivity contribution in [1.82, 2.24) is 10.6 Å². The molecular weight excluding hydrogens is 293 g/mol. The molecule has 0 saturated carbocycles. The molecular formula is C11H13Cl2N3O3. The molecule has 3 amide bonds. The number of benzene rings is 1. The van der Waals surface area contributed by atoms with E-state index < -0.39 is 11.9 Å². The lowest BCUT2D eigenvalue weighted by molar-refractivity contribution is -0.118. The van der Waals surface area contributed by atoms with Gasteiger partial charge < -0.3 is 15.4 Å². The van der Waals surface area contributed by atoms with Gasteiger partial charge in [-0.1, -0.05) is 23.2 Å². The maximum Gasteiger partial charge on any atom is 0.321 e. The first kappa shape index (κ1) is 15.4. The summed E-state index contributed by atoms with van der Waals surface area (Å²) in [5.74, 6) is -0.119. The van der Waals surface area contributed by atoms with Crippen LogP contribution in [-0.4, -0.2) is 32.6 Å². The molecule has 1 aromatic rings. The van der Waals surface area contributed by atoms with Crippen molar-refractivity contribution in [2.45, 2.75) is 0 Å². The Morgan fingerprint density at radius 3 is 2.32 bits per heavy atom. The predicted molar refractivity (Wildman–Crippen MR) is 74.1 cm³/mol. The number of rotatable bonds is 4. The molecule has 0 aliphatic rings. The first-order valence-electron chi connectivity index (χ1n) is 5.26. The highest BCUT2D eigenvalue weighted by Crippen LogP contribution is 2.35. The van der Waals surface area contributed by atoms with Gasteiger partial charge in [0.25, 0.3) is 0 Å². The molecule has 0 heterocycles. The number of ether oxygens (including phenoxy) is 1. The minimum atomic E-state index is -0.572. The smallest absolute Gasteiger partial charge is 0.321 e. The average molecular weight is 306 g/mol. The zero-order valence-corrected chi connectivity index (χ0v) is 11.9. The summed E-state index contributed by atoms with van der Waals surface area (Å²) >= 11 is 11.9. The van der Waals surface area contributed by atoms with Crippen molar-refractivity contribution in [3.8, 4) is 5.75 Å². The van der Waals surface area contributed by atoms with Gasteiger partial charge in [0.1, 0.15) is 0 Å². The molecule has 3 N–H and O–H groups in total. The highest BCUT2D eigenvalue weighted by atomic mass is 35.5. The Morgan fingerprint density at radius 1 is 1.26 bits per heavy atom. The molecule has 0 aromatic heterocycles. The van der Waals surface area contributed by atoms with E-state index in [2.05, 4.69) is 16.0 Å². The molecule has 0 radical (unpaired) electrons. The van der Waals surface area contributed by atoms with Crippen LogP contribution in [0.4, 0.5) is 10.5 Å². The van der Waals surface area contributed by atoms with Crippen molar-refractivity contribution < 1.29 is 14.3 Å². The number of methoxy groups -OCH3 is 1. The molecule has 0 spiro atoms. The van der Waals surface area contributed by atoms with E-state index in [1.54, 1.807) is 12.1 Å². The zero-order chi connectivity index (χ0) is 14.4. The van der Waals surface area contributed by atoms with Crippen LogP contribution >= 0.6 is 23.2 Å². The summed E-state index contributed by atoms with van der Waals surface area (Å²) in [4.78, 5) is 22.2. The SMILES string of the molecule is CNC(=O)NC(=O)CNc1cc(Cl)c(OC)c(Cl)c1. The van der Waals surface area contributed by atoms with Crippen LogP contribution in [-0.2, 0) is 4.79 Å². The van der Waals surface area contributed by atoms with E-state index in [0.717, 1.165) is 0 Å². The number of carbonyl (C=O) groups is 2. The summed E-state index contributed by atoms with van der Waals surface area (Å²) in [6.07, 6.45) is 0. The number of urea groups is 1. The Morgan fingerprint density at radius 2 is 1.84 bits per heavy atom. The van der Waals surface area contributed by atoms with Gasteiger partial charge in [-0.2, -0.15) is 0 Å². The van der Waals surface area contributed by atoms with Gasteiger partial charge in [-0.3, -0.25) is 10.1 Å². The monoisotopic (exact) mass is 305 g/mol. The number of anilines is 1. The third-order valence-electron chi connectivity index (χ3n) is 2.14. The molecule has 6 nitrogen and oxygen atoms in total. The lowest BCUT2D eigenvalue weighted by atomic mass is 10.3. The van der Waals surface area contributed by atoms with Crippen molar-refractivity contribution in [1.29, 1.82) is 0 Å². The summed E-state index contributed by atoms with van der Waals surface area (Å²) in [5.41, 5.74) is 0.544. The molecule has 0 aliphatic carbocycles. The minimum Gasteiger partial charge on any atom is -0.494 e. The maximum absolute atomic E-state index is 11.4. The molecule has 0 unspecified atom stereocenters. The van der Waals surface area contributed by atoms with Gasteiger partial charge >= 0.3 is 6.03 Å². The number of amides is 3. The third-order valence-corrected chi connectivity index (χ3v) is 2.70. The fourth-order valence-electron chi connectivity index (χ4n) is 1.27. The first-order valence-corrected chi connectivity index (χ1v) is 6.02. The third kappa shape index (κ3) is 4.50. The van der Waals surface area contributed by atoms with Crippen molar-refractivity contribution in [3.63, 3.8) is 0 Å². The summed E-state index contributed by atoms with van der Waals surface area (Å²) in [7, 11) is 2.87. The summed E-state index contributed by atoms with van der Waals surface area (Å²) in [6, 6.07) is 2.57. The van der Waals surface area contributed by atoms with Crippen LogP contribution in [0.25, 0.3) is 0 Å². The number of hydrogen-bond donors (Lipinski definition) is 3.